The number of likely N-dealkylation sites (N-methyl/N-ethyl adjacent to an activating group) is 1. The molecule has 0 aromatic carbocycles. The van der Waals surface area contributed by atoms with Gasteiger partial charge >= 0.3 is 0 Å². The average Bonchev–Trinajstić information content (AvgIpc) is 2.23. The van der Waals surface area contributed by atoms with Gasteiger partial charge in [0.25, 0.3) is 0 Å². The lowest BCUT2D eigenvalue weighted by molar-refractivity contribution is 0.472. The third kappa shape index (κ3) is 32.5. The molecule has 0 aromatic heterocycles. The van der Waals surface area contributed by atoms with Gasteiger partial charge in [-0.3, -0.25) is 0 Å². The van der Waals surface area contributed by atoms with Gasteiger partial charge in [0, 0.05) is 18.8 Å². The molecule has 0 heterocycles. The summed E-state index contributed by atoms with van der Waals surface area (Å²) in [5.41, 5.74) is 0.720. The summed E-state index contributed by atoms with van der Waals surface area (Å²) < 4.78 is 0. The van der Waals surface area contributed by atoms with E-state index in [4.69, 9.17) is 10.2 Å². The Morgan fingerprint density at radius 2 is 1.73 bits per heavy atom. The summed E-state index contributed by atoms with van der Waals surface area (Å²) in [6.45, 7) is 12.3. The number of nitrogens with one attached hydrogen (secondary N) is 2. The van der Waals surface area contributed by atoms with Crippen molar-refractivity contribution in [2.45, 2.75) is 13.8 Å². The standard InChI is InChI=1S/C7H14N2O.C2H4O.C2H6/c1-7(3-6-10)9-5-4-8-2;1-2-3;1-2/h3,6,8-10H,1,4-5H2,2H3;2-3H,1H2;1-2H3/b6-3+;;. The summed E-state index contributed by atoms with van der Waals surface area (Å²) in [5, 5.41) is 21.6. The van der Waals surface area contributed by atoms with Gasteiger partial charge < -0.3 is 20.8 Å². The van der Waals surface area contributed by atoms with E-state index in [1.807, 2.05) is 20.9 Å². The van der Waals surface area contributed by atoms with E-state index in [-0.39, 0.29) is 0 Å². The van der Waals surface area contributed by atoms with Gasteiger partial charge in [-0.15, -0.1) is 0 Å². The molecule has 0 aliphatic carbocycles. The van der Waals surface area contributed by atoms with Crippen LogP contribution < -0.4 is 10.6 Å². The van der Waals surface area contributed by atoms with Gasteiger partial charge in [-0.1, -0.05) is 27.0 Å². The molecule has 0 atom stereocenters. The normalized spacial score (nSPS) is 7.93. The summed E-state index contributed by atoms with van der Waals surface area (Å²) in [7, 11) is 1.88. The SMILES string of the molecule is C=C(/C=C/O)NCCNC.C=CO.CC. The smallest absolute Gasteiger partial charge is 0.0812 e. The van der Waals surface area contributed by atoms with Crippen LogP contribution in [0.2, 0.25) is 0 Å². The quantitative estimate of drug-likeness (QED) is 0.323. The van der Waals surface area contributed by atoms with Crippen LogP contribution in [-0.4, -0.2) is 30.4 Å². The first-order valence-electron chi connectivity index (χ1n) is 4.86. The molecule has 0 amide bonds. The highest BCUT2D eigenvalue weighted by Gasteiger charge is 1.83. The lowest BCUT2D eigenvalue weighted by Crippen LogP contribution is -2.23. The lowest BCUT2D eigenvalue weighted by atomic mass is 10.4. The van der Waals surface area contributed by atoms with Gasteiger partial charge in [0.15, 0.2) is 0 Å². The van der Waals surface area contributed by atoms with Gasteiger partial charge in [0.05, 0.1) is 12.5 Å². The maximum absolute atomic E-state index is 8.30. The number of hydrogen-bond donors (Lipinski definition) is 4. The minimum absolute atomic E-state index is 0.720. The van der Waals surface area contributed by atoms with Crippen molar-refractivity contribution < 1.29 is 10.2 Å². The highest BCUT2D eigenvalue weighted by atomic mass is 16.2. The molecule has 4 heteroatoms. The Hall–Kier alpha value is -1.42. The lowest BCUT2D eigenvalue weighted by Gasteiger charge is -2.03. The van der Waals surface area contributed by atoms with Crippen molar-refractivity contribution >= 4 is 0 Å². The minimum Gasteiger partial charge on any atom is -0.516 e. The van der Waals surface area contributed by atoms with Crippen LogP contribution in [0.15, 0.2) is 37.5 Å². The molecule has 0 rings (SSSR count). The second-order valence-corrected chi connectivity index (χ2v) is 2.05. The van der Waals surface area contributed by atoms with Gasteiger partial charge in [0.2, 0.25) is 0 Å². The second kappa shape index (κ2) is 22.9. The highest BCUT2D eigenvalue weighted by Crippen LogP contribution is 1.82. The van der Waals surface area contributed by atoms with Crippen molar-refractivity contribution in [2.75, 3.05) is 20.1 Å². The largest absolute Gasteiger partial charge is 0.516 e. The molecular formula is C11H24N2O2. The fourth-order valence-corrected chi connectivity index (χ4v) is 0.497. The molecule has 0 spiro atoms. The molecule has 0 saturated heterocycles. The van der Waals surface area contributed by atoms with E-state index in [1.54, 1.807) is 0 Å². The van der Waals surface area contributed by atoms with Crippen LogP contribution in [0.5, 0.6) is 0 Å². The van der Waals surface area contributed by atoms with Crippen molar-refractivity contribution in [3.05, 3.63) is 37.5 Å². The Bertz CT molecular complexity index is 157. The average molecular weight is 216 g/mol. The van der Waals surface area contributed by atoms with Gasteiger partial charge in [0.1, 0.15) is 0 Å². The predicted octanol–water partition coefficient (Wildman–Crippen LogP) is 2.09. The highest BCUT2D eigenvalue weighted by molar-refractivity contribution is 5.09. The molecular weight excluding hydrogens is 192 g/mol. The van der Waals surface area contributed by atoms with Gasteiger partial charge in [-0.05, 0) is 13.1 Å². The second-order valence-electron chi connectivity index (χ2n) is 2.05. The monoisotopic (exact) mass is 216 g/mol. The van der Waals surface area contributed by atoms with Gasteiger partial charge in [-0.2, -0.15) is 0 Å². The Kier molecular flexibility index (Phi) is 29.3. The van der Waals surface area contributed by atoms with Crippen molar-refractivity contribution in [3.8, 4) is 0 Å². The molecule has 0 radical (unpaired) electrons. The number of hydrogen-bond acceptors (Lipinski definition) is 4. The molecule has 0 aromatic rings. The first-order chi connectivity index (χ1) is 7.22. The predicted molar refractivity (Wildman–Crippen MR) is 67.0 cm³/mol. The molecule has 0 aliphatic heterocycles. The van der Waals surface area contributed by atoms with E-state index < -0.39 is 0 Å². The third-order valence-corrected chi connectivity index (χ3v) is 1.00. The van der Waals surface area contributed by atoms with E-state index in [0.717, 1.165) is 31.3 Å². The summed E-state index contributed by atoms with van der Waals surface area (Å²) >= 11 is 0. The molecule has 15 heavy (non-hydrogen) atoms. The molecule has 0 saturated carbocycles. The van der Waals surface area contributed by atoms with Crippen molar-refractivity contribution in [1.29, 1.82) is 0 Å². The zero-order valence-corrected chi connectivity index (χ0v) is 9.95. The Balaban J connectivity index is -0.000000245. The Morgan fingerprint density at radius 3 is 2.07 bits per heavy atom. The zero-order valence-electron chi connectivity index (χ0n) is 9.95. The maximum atomic E-state index is 8.30. The van der Waals surface area contributed by atoms with Crippen LogP contribution in [0, 0.1) is 0 Å². The minimum atomic E-state index is 0.720. The van der Waals surface area contributed by atoms with E-state index >= 15 is 0 Å². The number of rotatable bonds is 5. The first kappa shape index (κ1) is 19.2. The molecule has 0 fully saturated rings. The number of aliphatic hydroxyl groups is 2. The van der Waals surface area contributed by atoms with Crippen LogP contribution in [0.25, 0.3) is 0 Å². The Morgan fingerprint density at radius 1 is 1.27 bits per heavy atom. The molecule has 0 aliphatic rings. The topological polar surface area (TPSA) is 64.5 Å². The molecule has 0 bridgehead atoms. The fraction of sp³-hybridized carbons (Fsp3) is 0.455. The molecule has 4 N–H and O–H groups in total. The maximum Gasteiger partial charge on any atom is 0.0812 e. The van der Waals surface area contributed by atoms with Crippen molar-refractivity contribution in [1.82, 2.24) is 10.6 Å². The van der Waals surface area contributed by atoms with Crippen molar-refractivity contribution in [3.63, 3.8) is 0 Å². The summed E-state index contributed by atoms with van der Waals surface area (Å²) in [5.74, 6) is 0. The van der Waals surface area contributed by atoms with Crippen LogP contribution in [-0.2, 0) is 0 Å². The fourth-order valence-electron chi connectivity index (χ4n) is 0.497. The summed E-state index contributed by atoms with van der Waals surface area (Å²) in [6, 6.07) is 0. The summed E-state index contributed by atoms with van der Waals surface area (Å²) in [4.78, 5) is 0. The van der Waals surface area contributed by atoms with Crippen LogP contribution >= 0.6 is 0 Å². The van der Waals surface area contributed by atoms with Crippen molar-refractivity contribution in [2.24, 2.45) is 0 Å². The van der Waals surface area contributed by atoms with E-state index in [0.29, 0.717) is 0 Å². The van der Waals surface area contributed by atoms with Crippen LogP contribution in [0.4, 0.5) is 0 Å². The first-order valence-corrected chi connectivity index (χ1v) is 4.86. The van der Waals surface area contributed by atoms with E-state index in [1.165, 1.54) is 6.08 Å². The summed E-state index contributed by atoms with van der Waals surface area (Å²) in [6.07, 6.45) is 3.23. The Labute approximate surface area is 93.0 Å². The number of allylic oxidation sites excluding steroid dienone is 1. The van der Waals surface area contributed by atoms with Crippen LogP contribution in [0.3, 0.4) is 0 Å². The molecule has 90 valence electrons. The van der Waals surface area contributed by atoms with Crippen LogP contribution in [0.1, 0.15) is 13.8 Å². The third-order valence-electron chi connectivity index (χ3n) is 1.00. The van der Waals surface area contributed by atoms with E-state index in [9.17, 15) is 0 Å². The number of aliphatic hydroxyl groups excluding tert-OH is 2. The molecule has 0 unspecified atom stereocenters. The zero-order chi connectivity index (χ0) is 12.5. The molecule has 4 nitrogen and oxygen atoms in total. The van der Waals surface area contributed by atoms with E-state index in [2.05, 4.69) is 23.8 Å². The van der Waals surface area contributed by atoms with Gasteiger partial charge in [-0.25, -0.2) is 0 Å².